The van der Waals surface area contributed by atoms with E-state index in [1.807, 2.05) is 0 Å². The highest BCUT2D eigenvalue weighted by Gasteiger charge is 2.32. The van der Waals surface area contributed by atoms with E-state index < -0.39 is 11.7 Å². The number of aromatic nitrogens is 1. The minimum Gasteiger partial charge on any atom is -0.381 e. The lowest BCUT2D eigenvalue weighted by atomic mass is 10.2. The molecule has 0 aliphatic heterocycles. The fourth-order valence-electron chi connectivity index (χ4n) is 2.39. The van der Waals surface area contributed by atoms with Crippen molar-refractivity contribution < 1.29 is 17.9 Å². The molecule has 2 N–H and O–H groups in total. The van der Waals surface area contributed by atoms with Crippen molar-refractivity contribution in [3.8, 4) is 0 Å². The van der Waals surface area contributed by atoms with E-state index in [1.165, 1.54) is 0 Å². The summed E-state index contributed by atoms with van der Waals surface area (Å²) in [5.74, 6) is 0.439. The number of rotatable bonds is 4. The van der Waals surface area contributed by atoms with Gasteiger partial charge in [0.05, 0.1) is 11.7 Å². The van der Waals surface area contributed by atoms with Gasteiger partial charge in [-0.25, -0.2) is 4.98 Å². The summed E-state index contributed by atoms with van der Waals surface area (Å²) in [4.78, 5) is 4.12. The van der Waals surface area contributed by atoms with Crippen LogP contribution in [0.25, 0.3) is 0 Å². The maximum absolute atomic E-state index is 12.8. The highest BCUT2D eigenvalue weighted by atomic mass is 19.4. The fourth-order valence-corrected chi connectivity index (χ4v) is 2.39. The predicted octanol–water partition coefficient (Wildman–Crippen LogP) is 3.12. The molecule has 4 nitrogen and oxygen atoms in total. The van der Waals surface area contributed by atoms with Crippen molar-refractivity contribution in [1.29, 1.82) is 0 Å². The first-order chi connectivity index (χ1) is 9.42. The molecule has 0 radical (unpaired) electrons. The van der Waals surface area contributed by atoms with Gasteiger partial charge in [0.1, 0.15) is 11.6 Å². The fraction of sp³-hybridized carbons (Fsp3) is 0.615. The van der Waals surface area contributed by atoms with Crippen molar-refractivity contribution in [2.45, 2.75) is 37.6 Å². The van der Waals surface area contributed by atoms with Gasteiger partial charge in [0, 0.05) is 20.2 Å². The van der Waals surface area contributed by atoms with Crippen LogP contribution in [0.1, 0.15) is 24.8 Å². The lowest BCUT2D eigenvalue weighted by molar-refractivity contribution is -0.137. The summed E-state index contributed by atoms with van der Waals surface area (Å²) in [6, 6.07) is 2.14. The number of ether oxygens (including phenoxy) is 1. The van der Waals surface area contributed by atoms with Crippen LogP contribution in [0.15, 0.2) is 12.1 Å². The molecule has 1 aliphatic carbocycles. The molecule has 1 heterocycles. The Kier molecular flexibility index (Phi) is 4.37. The molecule has 1 aliphatic rings. The zero-order chi connectivity index (χ0) is 14.8. The van der Waals surface area contributed by atoms with E-state index in [0.29, 0.717) is 0 Å². The van der Waals surface area contributed by atoms with Gasteiger partial charge in [0.25, 0.3) is 0 Å². The standard InChI is InChI=1S/C13H18F3N3O/c1-17-11-5-8(13(14,15)16)6-12(19-11)18-9-3-4-10(7-9)20-2/h5-6,9-10H,3-4,7H2,1-2H3,(H2,17,18,19). The van der Waals surface area contributed by atoms with E-state index in [2.05, 4.69) is 15.6 Å². The van der Waals surface area contributed by atoms with Crippen molar-refractivity contribution in [1.82, 2.24) is 4.98 Å². The third-order valence-corrected chi connectivity index (χ3v) is 3.48. The molecule has 2 atom stereocenters. The van der Waals surface area contributed by atoms with Crippen LogP contribution in [-0.2, 0) is 10.9 Å². The van der Waals surface area contributed by atoms with Crippen molar-refractivity contribution in [3.63, 3.8) is 0 Å². The van der Waals surface area contributed by atoms with Crippen molar-refractivity contribution in [3.05, 3.63) is 17.7 Å². The Morgan fingerprint density at radius 3 is 2.50 bits per heavy atom. The molecule has 2 rings (SSSR count). The second kappa shape index (κ2) is 5.87. The van der Waals surface area contributed by atoms with Gasteiger partial charge in [-0.1, -0.05) is 0 Å². The third-order valence-electron chi connectivity index (χ3n) is 3.48. The Labute approximate surface area is 115 Å². The Morgan fingerprint density at radius 2 is 1.95 bits per heavy atom. The zero-order valence-electron chi connectivity index (χ0n) is 11.4. The lowest BCUT2D eigenvalue weighted by Gasteiger charge is -2.16. The molecule has 0 aromatic carbocycles. The number of pyridine rings is 1. The Hall–Kier alpha value is -1.50. The average Bonchev–Trinajstić information content (AvgIpc) is 2.85. The van der Waals surface area contributed by atoms with Crippen LogP contribution in [0.3, 0.4) is 0 Å². The van der Waals surface area contributed by atoms with Crippen molar-refractivity contribution >= 4 is 11.6 Å². The number of hydrogen-bond acceptors (Lipinski definition) is 4. The molecule has 1 aromatic heterocycles. The molecule has 0 bridgehead atoms. The van der Waals surface area contributed by atoms with Gasteiger partial charge in [0.2, 0.25) is 0 Å². The summed E-state index contributed by atoms with van der Waals surface area (Å²) < 4.78 is 43.7. The van der Waals surface area contributed by atoms with Crippen LogP contribution in [0.5, 0.6) is 0 Å². The van der Waals surface area contributed by atoms with E-state index in [0.717, 1.165) is 31.4 Å². The molecule has 1 saturated carbocycles. The third kappa shape index (κ3) is 3.53. The van der Waals surface area contributed by atoms with E-state index >= 15 is 0 Å². The van der Waals surface area contributed by atoms with Gasteiger partial charge in [-0.05, 0) is 31.4 Å². The quantitative estimate of drug-likeness (QED) is 0.894. The smallest absolute Gasteiger partial charge is 0.381 e. The molecule has 0 spiro atoms. The summed E-state index contributed by atoms with van der Waals surface area (Å²) in [6.45, 7) is 0. The molecule has 2 unspecified atom stereocenters. The first kappa shape index (κ1) is 14.9. The summed E-state index contributed by atoms with van der Waals surface area (Å²) in [7, 11) is 3.19. The summed E-state index contributed by atoms with van der Waals surface area (Å²) >= 11 is 0. The maximum atomic E-state index is 12.8. The zero-order valence-corrected chi connectivity index (χ0v) is 11.4. The normalized spacial score (nSPS) is 22.9. The molecule has 0 saturated heterocycles. The highest BCUT2D eigenvalue weighted by molar-refractivity contribution is 5.50. The van der Waals surface area contributed by atoms with E-state index in [9.17, 15) is 13.2 Å². The SMILES string of the molecule is CNc1cc(C(F)(F)F)cc(NC2CCC(OC)C2)n1. The summed E-state index contributed by atoms with van der Waals surface area (Å²) in [5.41, 5.74) is -0.708. The molecule has 20 heavy (non-hydrogen) atoms. The molecular formula is C13H18F3N3O. The van der Waals surface area contributed by atoms with Crippen LogP contribution in [-0.4, -0.2) is 31.3 Å². The van der Waals surface area contributed by atoms with Crippen LogP contribution in [0.2, 0.25) is 0 Å². The van der Waals surface area contributed by atoms with Crippen molar-refractivity contribution in [2.75, 3.05) is 24.8 Å². The average molecular weight is 289 g/mol. The second-order valence-electron chi connectivity index (χ2n) is 4.89. The van der Waals surface area contributed by atoms with Crippen molar-refractivity contribution in [2.24, 2.45) is 0 Å². The van der Waals surface area contributed by atoms with Crippen LogP contribution >= 0.6 is 0 Å². The number of nitrogens with zero attached hydrogens (tertiary/aromatic N) is 1. The van der Waals surface area contributed by atoms with Gasteiger partial charge in [-0.3, -0.25) is 0 Å². The topological polar surface area (TPSA) is 46.2 Å². The Balaban J connectivity index is 2.15. The first-order valence-corrected chi connectivity index (χ1v) is 6.48. The Bertz CT molecular complexity index is 465. The van der Waals surface area contributed by atoms with E-state index in [1.54, 1.807) is 14.2 Å². The van der Waals surface area contributed by atoms with Gasteiger partial charge in [-0.2, -0.15) is 13.2 Å². The summed E-state index contributed by atoms with van der Waals surface area (Å²) in [5, 5.41) is 5.71. The molecular weight excluding hydrogens is 271 g/mol. The molecule has 112 valence electrons. The van der Waals surface area contributed by atoms with Gasteiger partial charge in [0.15, 0.2) is 0 Å². The van der Waals surface area contributed by atoms with E-state index in [4.69, 9.17) is 4.74 Å². The monoisotopic (exact) mass is 289 g/mol. The molecule has 1 aromatic rings. The second-order valence-corrected chi connectivity index (χ2v) is 4.89. The first-order valence-electron chi connectivity index (χ1n) is 6.48. The minimum atomic E-state index is -4.38. The van der Waals surface area contributed by atoms with Gasteiger partial charge < -0.3 is 15.4 Å². The van der Waals surface area contributed by atoms with E-state index in [-0.39, 0.29) is 23.8 Å². The Morgan fingerprint density at radius 1 is 1.25 bits per heavy atom. The lowest BCUT2D eigenvalue weighted by Crippen LogP contribution is -2.19. The highest BCUT2D eigenvalue weighted by Crippen LogP contribution is 2.33. The summed E-state index contributed by atoms with van der Waals surface area (Å²) in [6.07, 6.45) is -1.65. The number of hydrogen-bond donors (Lipinski definition) is 2. The number of halogens is 3. The van der Waals surface area contributed by atoms with Gasteiger partial charge in [-0.15, -0.1) is 0 Å². The minimum absolute atomic E-state index is 0.0978. The van der Waals surface area contributed by atoms with Crippen LogP contribution in [0, 0.1) is 0 Å². The number of methoxy groups -OCH3 is 1. The molecule has 7 heteroatoms. The number of alkyl halides is 3. The molecule has 1 fully saturated rings. The number of nitrogens with one attached hydrogen (secondary N) is 2. The predicted molar refractivity (Wildman–Crippen MR) is 70.8 cm³/mol. The largest absolute Gasteiger partial charge is 0.416 e. The van der Waals surface area contributed by atoms with Gasteiger partial charge >= 0.3 is 6.18 Å². The molecule has 0 amide bonds. The number of anilines is 2. The maximum Gasteiger partial charge on any atom is 0.416 e. The van der Waals surface area contributed by atoms with Crippen LogP contribution < -0.4 is 10.6 Å². The van der Waals surface area contributed by atoms with Crippen LogP contribution in [0.4, 0.5) is 24.8 Å².